The van der Waals surface area contributed by atoms with Crippen molar-refractivity contribution >= 4 is 17.6 Å². The Kier molecular flexibility index (Phi) is 6.83. The summed E-state index contributed by atoms with van der Waals surface area (Å²) in [6.45, 7) is 12.5. The number of nitrogens with zero attached hydrogens (tertiary/aromatic N) is 1. The van der Waals surface area contributed by atoms with Gasteiger partial charge in [-0.2, -0.15) is 0 Å². The van der Waals surface area contributed by atoms with Gasteiger partial charge in [0.2, 0.25) is 0 Å². The third kappa shape index (κ3) is 4.59. The largest absolute Gasteiger partial charge is 0.449 e. The molecular formula is C22H30N2O3. The number of hydrogen-bond acceptors (Lipinski definition) is 3. The number of aromatic nitrogens is 1. The third-order valence-electron chi connectivity index (χ3n) is 5.12. The van der Waals surface area contributed by atoms with Crippen LogP contribution in [0.5, 0.6) is 0 Å². The Bertz CT molecular complexity index is 823. The van der Waals surface area contributed by atoms with Crippen LogP contribution in [0.25, 0.3) is 0 Å². The summed E-state index contributed by atoms with van der Waals surface area (Å²) in [4.78, 5) is 25.1. The highest BCUT2D eigenvalue weighted by Gasteiger charge is 2.23. The van der Waals surface area contributed by atoms with Crippen molar-refractivity contribution in [3.8, 4) is 0 Å². The Hall–Kier alpha value is -2.56. The van der Waals surface area contributed by atoms with E-state index in [0.717, 1.165) is 35.6 Å². The van der Waals surface area contributed by atoms with Crippen molar-refractivity contribution in [2.75, 3.05) is 5.32 Å². The first-order valence-corrected chi connectivity index (χ1v) is 9.57. The van der Waals surface area contributed by atoms with Gasteiger partial charge in [0.05, 0.1) is 5.56 Å². The first-order chi connectivity index (χ1) is 12.8. The van der Waals surface area contributed by atoms with E-state index in [-0.39, 0.29) is 5.91 Å². The van der Waals surface area contributed by atoms with Crippen LogP contribution in [0.2, 0.25) is 0 Å². The van der Waals surface area contributed by atoms with Gasteiger partial charge in [0, 0.05) is 23.6 Å². The number of aryl methyl sites for hydroxylation is 1. The van der Waals surface area contributed by atoms with Crippen LogP contribution in [0.15, 0.2) is 30.3 Å². The summed E-state index contributed by atoms with van der Waals surface area (Å²) in [6, 6.07) is 9.55. The molecule has 1 N–H and O–H groups in total. The summed E-state index contributed by atoms with van der Waals surface area (Å²) in [6.07, 6.45) is 0.0944. The van der Waals surface area contributed by atoms with Crippen molar-refractivity contribution in [3.63, 3.8) is 0 Å². The molecule has 27 heavy (non-hydrogen) atoms. The van der Waals surface area contributed by atoms with Crippen LogP contribution in [0.4, 0.5) is 5.69 Å². The molecule has 2 rings (SSSR count). The lowest BCUT2D eigenvalue weighted by molar-refractivity contribution is -0.123. The summed E-state index contributed by atoms with van der Waals surface area (Å²) >= 11 is 0. The summed E-state index contributed by atoms with van der Waals surface area (Å²) in [5, 5.41) is 2.90. The molecule has 5 nitrogen and oxygen atoms in total. The molecule has 5 heteroatoms. The molecule has 0 fully saturated rings. The van der Waals surface area contributed by atoms with Gasteiger partial charge in [-0.05, 0) is 57.7 Å². The predicted octanol–water partition coefficient (Wildman–Crippen LogP) is 4.82. The lowest BCUT2D eigenvalue weighted by atomic mass is 9.97. The predicted molar refractivity (Wildman–Crippen MR) is 108 cm³/mol. The topological polar surface area (TPSA) is 60.3 Å². The standard InChI is InChI=1S/C22H30N2O3/c1-7-14(3)18-11-9-10-12-20(18)23-21(25)17(6)27-22(26)19-13-15(4)24(8-2)16(19)5/h9-14,17H,7-8H2,1-6H3,(H,23,25)/t14-,17-/m1/s1. The van der Waals surface area contributed by atoms with Gasteiger partial charge in [-0.1, -0.05) is 32.0 Å². The van der Waals surface area contributed by atoms with Gasteiger partial charge in [0.25, 0.3) is 5.91 Å². The van der Waals surface area contributed by atoms with Gasteiger partial charge in [0.1, 0.15) is 0 Å². The Morgan fingerprint density at radius 2 is 1.81 bits per heavy atom. The Morgan fingerprint density at radius 1 is 1.15 bits per heavy atom. The fourth-order valence-corrected chi connectivity index (χ4v) is 3.27. The van der Waals surface area contributed by atoms with E-state index >= 15 is 0 Å². The van der Waals surface area contributed by atoms with Crippen LogP contribution in [-0.4, -0.2) is 22.5 Å². The molecule has 0 aliphatic carbocycles. The lowest BCUT2D eigenvalue weighted by Gasteiger charge is -2.18. The molecule has 0 saturated heterocycles. The normalized spacial score (nSPS) is 13.1. The van der Waals surface area contributed by atoms with Crippen LogP contribution in [0.3, 0.4) is 0 Å². The van der Waals surface area contributed by atoms with Gasteiger partial charge >= 0.3 is 5.97 Å². The average Bonchev–Trinajstić information content (AvgIpc) is 2.95. The molecule has 1 amide bonds. The molecule has 1 heterocycles. The van der Waals surface area contributed by atoms with Crippen molar-refractivity contribution in [1.82, 2.24) is 4.57 Å². The Morgan fingerprint density at radius 3 is 2.41 bits per heavy atom. The van der Waals surface area contributed by atoms with E-state index in [1.165, 1.54) is 0 Å². The van der Waals surface area contributed by atoms with Crippen LogP contribution in [-0.2, 0) is 16.1 Å². The van der Waals surface area contributed by atoms with Crippen molar-refractivity contribution in [2.45, 2.75) is 66.5 Å². The molecule has 0 spiro atoms. The fraction of sp³-hybridized carbons (Fsp3) is 0.455. The van der Waals surface area contributed by atoms with Crippen LogP contribution in [0.1, 0.15) is 67.3 Å². The van der Waals surface area contributed by atoms with Crippen LogP contribution < -0.4 is 5.32 Å². The fourth-order valence-electron chi connectivity index (χ4n) is 3.27. The molecule has 2 atom stereocenters. The summed E-state index contributed by atoms with van der Waals surface area (Å²) < 4.78 is 7.47. The molecule has 1 aromatic carbocycles. The first kappa shape index (κ1) is 20.7. The highest BCUT2D eigenvalue weighted by Crippen LogP contribution is 2.26. The number of para-hydroxylation sites is 1. The highest BCUT2D eigenvalue weighted by molar-refractivity contribution is 5.98. The van der Waals surface area contributed by atoms with Crippen LogP contribution >= 0.6 is 0 Å². The van der Waals surface area contributed by atoms with E-state index in [9.17, 15) is 9.59 Å². The maximum Gasteiger partial charge on any atom is 0.340 e. The second-order valence-electron chi connectivity index (χ2n) is 6.96. The minimum absolute atomic E-state index is 0.330. The van der Waals surface area contributed by atoms with E-state index in [0.29, 0.717) is 11.5 Å². The number of hydrogen-bond donors (Lipinski definition) is 1. The Balaban J connectivity index is 2.10. The van der Waals surface area contributed by atoms with E-state index in [1.54, 1.807) is 6.92 Å². The second kappa shape index (κ2) is 8.89. The molecule has 0 saturated carbocycles. The molecule has 146 valence electrons. The van der Waals surface area contributed by atoms with Gasteiger partial charge in [0.15, 0.2) is 6.10 Å². The van der Waals surface area contributed by atoms with Crippen LogP contribution in [0, 0.1) is 13.8 Å². The van der Waals surface area contributed by atoms with E-state index in [1.807, 2.05) is 55.7 Å². The highest BCUT2D eigenvalue weighted by atomic mass is 16.5. The van der Waals surface area contributed by atoms with E-state index in [2.05, 4.69) is 19.2 Å². The average molecular weight is 370 g/mol. The molecule has 0 radical (unpaired) electrons. The minimum atomic E-state index is -0.882. The minimum Gasteiger partial charge on any atom is -0.449 e. The molecule has 1 aromatic heterocycles. The molecule has 0 aliphatic rings. The summed E-state index contributed by atoms with van der Waals surface area (Å²) in [5.74, 6) is -0.470. The number of nitrogens with one attached hydrogen (secondary N) is 1. The number of anilines is 1. The maximum atomic E-state index is 12.6. The zero-order valence-electron chi connectivity index (χ0n) is 17.1. The third-order valence-corrected chi connectivity index (χ3v) is 5.12. The van der Waals surface area contributed by atoms with Crippen molar-refractivity contribution in [2.24, 2.45) is 0 Å². The monoisotopic (exact) mass is 370 g/mol. The number of carbonyl (C=O) groups excluding carboxylic acids is 2. The number of esters is 1. The maximum absolute atomic E-state index is 12.6. The number of rotatable bonds is 7. The quantitative estimate of drug-likeness (QED) is 0.711. The zero-order valence-corrected chi connectivity index (χ0v) is 17.1. The molecular weight excluding hydrogens is 340 g/mol. The van der Waals surface area contributed by atoms with E-state index in [4.69, 9.17) is 4.74 Å². The smallest absolute Gasteiger partial charge is 0.340 e. The zero-order chi connectivity index (χ0) is 20.1. The summed E-state index contributed by atoms with van der Waals surface area (Å²) in [5.41, 5.74) is 4.22. The molecule has 0 bridgehead atoms. The number of ether oxygens (including phenoxy) is 1. The number of benzene rings is 1. The van der Waals surface area contributed by atoms with Gasteiger partial charge in [-0.15, -0.1) is 0 Å². The molecule has 0 unspecified atom stereocenters. The summed E-state index contributed by atoms with van der Waals surface area (Å²) in [7, 11) is 0. The molecule has 0 aliphatic heterocycles. The van der Waals surface area contributed by atoms with Crippen molar-refractivity contribution < 1.29 is 14.3 Å². The van der Waals surface area contributed by atoms with Crippen molar-refractivity contribution in [3.05, 3.63) is 52.8 Å². The SMILES string of the molecule is CC[C@@H](C)c1ccccc1NC(=O)[C@@H](C)OC(=O)c1cc(C)n(CC)c1C. The van der Waals surface area contributed by atoms with Crippen molar-refractivity contribution in [1.29, 1.82) is 0 Å². The van der Waals surface area contributed by atoms with Gasteiger partial charge in [-0.25, -0.2) is 4.79 Å². The van der Waals surface area contributed by atoms with Gasteiger partial charge in [-0.3, -0.25) is 4.79 Å². The second-order valence-corrected chi connectivity index (χ2v) is 6.96. The first-order valence-electron chi connectivity index (χ1n) is 9.57. The Labute approximate surface area is 161 Å². The molecule has 2 aromatic rings. The van der Waals surface area contributed by atoms with E-state index < -0.39 is 12.1 Å². The van der Waals surface area contributed by atoms with Gasteiger partial charge < -0.3 is 14.6 Å². The number of amides is 1. The number of carbonyl (C=O) groups is 2. The lowest BCUT2D eigenvalue weighted by Crippen LogP contribution is -2.30.